The summed E-state index contributed by atoms with van der Waals surface area (Å²) in [6, 6.07) is 18.4. The predicted octanol–water partition coefficient (Wildman–Crippen LogP) is 4.52. The van der Waals surface area contributed by atoms with Crippen LogP contribution in [0.15, 0.2) is 54.6 Å². The lowest BCUT2D eigenvalue weighted by atomic mass is 10.1. The lowest BCUT2D eigenvalue weighted by Crippen LogP contribution is -2.20. The van der Waals surface area contributed by atoms with E-state index in [1.165, 1.54) is 11.1 Å². The molecule has 0 aliphatic heterocycles. The van der Waals surface area contributed by atoms with Crippen LogP contribution in [0.2, 0.25) is 0 Å². The second-order valence-electron chi connectivity index (χ2n) is 5.36. The van der Waals surface area contributed by atoms with Gasteiger partial charge in [-0.25, -0.2) is 0 Å². The fourth-order valence-electron chi connectivity index (χ4n) is 2.17. The Morgan fingerprint density at radius 2 is 1.41 bits per heavy atom. The molecule has 1 unspecified atom stereocenters. The van der Waals surface area contributed by atoms with E-state index in [4.69, 9.17) is 14.2 Å². The van der Waals surface area contributed by atoms with Crippen molar-refractivity contribution in [3.8, 4) is 16.9 Å². The van der Waals surface area contributed by atoms with Gasteiger partial charge in [0.15, 0.2) is 6.29 Å². The Balaban J connectivity index is 1.75. The van der Waals surface area contributed by atoms with E-state index < -0.39 is 0 Å². The van der Waals surface area contributed by atoms with Gasteiger partial charge in [0.2, 0.25) is 0 Å². The number of ether oxygens (including phenoxy) is 3. The van der Waals surface area contributed by atoms with Gasteiger partial charge < -0.3 is 14.2 Å². The second kappa shape index (κ2) is 8.57. The first-order chi connectivity index (χ1) is 10.6. The van der Waals surface area contributed by atoms with E-state index in [1.54, 1.807) is 0 Å². The summed E-state index contributed by atoms with van der Waals surface area (Å²) in [7, 11) is 0. The van der Waals surface area contributed by atoms with Gasteiger partial charge in [-0.2, -0.15) is 0 Å². The molecule has 0 aliphatic rings. The van der Waals surface area contributed by atoms with Crippen LogP contribution in [0, 0.1) is 0 Å². The molecule has 2 aromatic carbocycles. The smallest absolute Gasteiger partial charge is 0.155 e. The van der Waals surface area contributed by atoms with Gasteiger partial charge in [-0.05, 0) is 44.0 Å². The Bertz CT molecular complexity index is 534. The number of hydrogen-bond acceptors (Lipinski definition) is 3. The molecule has 0 spiro atoms. The van der Waals surface area contributed by atoms with Crippen molar-refractivity contribution < 1.29 is 14.2 Å². The summed E-state index contributed by atoms with van der Waals surface area (Å²) in [6.07, 6.45) is -0.0366. The van der Waals surface area contributed by atoms with Crippen molar-refractivity contribution in [1.82, 2.24) is 0 Å². The van der Waals surface area contributed by atoms with E-state index in [9.17, 15) is 0 Å². The quantitative estimate of drug-likeness (QED) is 0.530. The molecule has 0 saturated carbocycles. The van der Waals surface area contributed by atoms with Crippen molar-refractivity contribution in [3.05, 3.63) is 54.6 Å². The Morgan fingerprint density at radius 1 is 0.773 bits per heavy atom. The molecule has 2 rings (SSSR count). The monoisotopic (exact) mass is 300 g/mol. The molecule has 0 heterocycles. The fraction of sp³-hybridized carbons (Fsp3) is 0.368. The molecule has 0 saturated heterocycles. The van der Waals surface area contributed by atoms with Gasteiger partial charge in [0.1, 0.15) is 12.4 Å². The van der Waals surface area contributed by atoms with Crippen LogP contribution in [-0.2, 0) is 9.47 Å². The van der Waals surface area contributed by atoms with E-state index >= 15 is 0 Å². The topological polar surface area (TPSA) is 27.7 Å². The highest BCUT2D eigenvalue weighted by Gasteiger charge is 2.04. The molecule has 0 aromatic heterocycles. The lowest BCUT2D eigenvalue weighted by molar-refractivity contribution is -0.154. The first-order valence-electron chi connectivity index (χ1n) is 7.70. The summed E-state index contributed by atoms with van der Waals surface area (Å²) in [4.78, 5) is 0. The van der Waals surface area contributed by atoms with Crippen molar-refractivity contribution in [2.45, 2.75) is 33.2 Å². The number of hydrogen-bond donors (Lipinski definition) is 0. The molecular formula is C19H24O3. The highest BCUT2D eigenvalue weighted by molar-refractivity contribution is 5.63. The van der Waals surface area contributed by atoms with Crippen molar-refractivity contribution >= 4 is 0 Å². The maximum atomic E-state index is 5.67. The van der Waals surface area contributed by atoms with Crippen LogP contribution >= 0.6 is 0 Å². The highest BCUT2D eigenvalue weighted by atomic mass is 16.7. The zero-order chi connectivity index (χ0) is 15.8. The van der Waals surface area contributed by atoms with Crippen LogP contribution in [-0.4, -0.2) is 25.6 Å². The molecule has 0 aliphatic carbocycles. The third-order valence-corrected chi connectivity index (χ3v) is 3.13. The van der Waals surface area contributed by atoms with Gasteiger partial charge in [-0.15, -0.1) is 0 Å². The molecule has 1 atom stereocenters. The summed E-state index contributed by atoms with van der Waals surface area (Å²) in [5.74, 6) is 0.848. The third kappa shape index (κ3) is 5.51. The minimum Gasteiger partial charge on any atom is -0.491 e. The van der Waals surface area contributed by atoms with E-state index in [0.717, 1.165) is 5.75 Å². The Morgan fingerprint density at radius 3 is 2.05 bits per heavy atom. The minimum atomic E-state index is -0.205. The van der Waals surface area contributed by atoms with Crippen LogP contribution < -0.4 is 4.74 Å². The van der Waals surface area contributed by atoms with Crippen LogP contribution in [0.1, 0.15) is 20.8 Å². The Kier molecular flexibility index (Phi) is 6.44. The SMILES string of the molecule is CC(C)OC(C)OCCOc1ccc(-c2ccccc2)cc1. The van der Waals surface area contributed by atoms with Gasteiger partial charge in [-0.1, -0.05) is 42.5 Å². The zero-order valence-electron chi connectivity index (χ0n) is 13.5. The van der Waals surface area contributed by atoms with Gasteiger partial charge in [0.05, 0.1) is 12.7 Å². The number of benzene rings is 2. The lowest BCUT2D eigenvalue weighted by Gasteiger charge is -2.16. The Labute approximate surface area is 132 Å². The van der Waals surface area contributed by atoms with E-state index in [2.05, 4.69) is 24.3 Å². The first kappa shape index (κ1) is 16.5. The summed E-state index contributed by atoms with van der Waals surface area (Å²) in [5, 5.41) is 0. The van der Waals surface area contributed by atoms with Crippen molar-refractivity contribution in [2.24, 2.45) is 0 Å². The summed E-state index contributed by atoms with van der Waals surface area (Å²) in [5.41, 5.74) is 2.39. The molecule has 0 amide bonds. The molecule has 22 heavy (non-hydrogen) atoms. The van der Waals surface area contributed by atoms with Gasteiger partial charge in [0.25, 0.3) is 0 Å². The van der Waals surface area contributed by atoms with Crippen molar-refractivity contribution in [2.75, 3.05) is 13.2 Å². The molecule has 118 valence electrons. The minimum absolute atomic E-state index is 0.168. The van der Waals surface area contributed by atoms with Crippen molar-refractivity contribution in [1.29, 1.82) is 0 Å². The molecule has 2 aromatic rings. The molecule has 0 bridgehead atoms. The fourth-order valence-corrected chi connectivity index (χ4v) is 2.17. The van der Waals surface area contributed by atoms with Crippen LogP contribution in [0.4, 0.5) is 0 Å². The molecule has 3 heteroatoms. The van der Waals surface area contributed by atoms with Crippen molar-refractivity contribution in [3.63, 3.8) is 0 Å². The van der Waals surface area contributed by atoms with E-state index in [1.807, 2.05) is 51.1 Å². The molecule has 3 nitrogen and oxygen atoms in total. The maximum Gasteiger partial charge on any atom is 0.155 e. The molecule has 0 radical (unpaired) electrons. The van der Waals surface area contributed by atoms with E-state index in [0.29, 0.717) is 13.2 Å². The Hall–Kier alpha value is -1.84. The molecule has 0 N–H and O–H groups in total. The maximum absolute atomic E-state index is 5.67. The highest BCUT2D eigenvalue weighted by Crippen LogP contribution is 2.21. The summed E-state index contributed by atoms with van der Waals surface area (Å²) in [6.45, 7) is 6.90. The molecular weight excluding hydrogens is 276 g/mol. The first-order valence-corrected chi connectivity index (χ1v) is 7.70. The second-order valence-corrected chi connectivity index (χ2v) is 5.36. The number of rotatable bonds is 8. The van der Waals surface area contributed by atoms with Gasteiger partial charge >= 0.3 is 0 Å². The summed E-state index contributed by atoms with van der Waals surface area (Å²) < 4.78 is 16.7. The van der Waals surface area contributed by atoms with Crippen LogP contribution in [0.5, 0.6) is 5.75 Å². The van der Waals surface area contributed by atoms with Crippen LogP contribution in [0.3, 0.4) is 0 Å². The summed E-state index contributed by atoms with van der Waals surface area (Å²) >= 11 is 0. The normalized spacial score (nSPS) is 12.4. The third-order valence-electron chi connectivity index (χ3n) is 3.13. The van der Waals surface area contributed by atoms with Gasteiger partial charge in [-0.3, -0.25) is 0 Å². The standard InChI is InChI=1S/C19H24O3/c1-15(2)22-16(3)20-13-14-21-19-11-9-18(10-12-19)17-7-5-4-6-8-17/h4-12,15-16H,13-14H2,1-3H3. The van der Waals surface area contributed by atoms with Crippen LogP contribution in [0.25, 0.3) is 11.1 Å². The average molecular weight is 300 g/mol. The molecule has 0 fully saturated rings. The largest absolute Gasteiger partial charge is 0.491 e. The average Bonchev–Trinajstić information content (AvgIpc) is 2.52. The predicted molar refractivity (Wildman–Crippen MR) is 89.0 cm³/mol. The van der Waals surface area contributed by atoms with Gasteiger partial charge in [0, 0.05) is 0 Å². The zero-order valence-corrected chi connectivity index (χ0v) is 13.5. The van der Waals surface area contributed by atoms with E-state index in [-0.39, 0.29) is 12.4 Å².